The lowest BCUT2D eigenvalue weighted by Gasteiger charge is -2.29. The standard InChI is InChI=1S/C27H29ClN4O5/c1-14-12-18(16(3)29-20-6-7-21(28)30-22(20)26(34)35)25-19(13-14)23(33)15(2)24(37-25)17-8-10-32(11-9-17)27(36)31(4)5/h6-8,12-13,16,29H,9-11H2,1-5H3,(H,34,35)/t16-/m1/s1. The summed E-state index contributed by atoms with van der Waals surface area (Å²) in [6.07, 6.45) is 2.48. The van der Waals surface area contributed by atoms with E-state index in [2.05, 4.69) is 10.3 Å². The molecule has 0 unspecified atom stereocenters. The van der Waals surface area contributed by atoms with Crippen molar-refractivity contribution < 1.29 is 19.1 Å². The van der Waals surface area contributed by atoms with E-state index in [9.17, 15) is 19.5 Å². The molecule has 37 heavy (non-hydrogen) atoms. The maximum absolute atomic E-state index is 13.4. The van der Waals surface area contributed by atoms with Crippen LogP contribution in [0.5, 0.6) is 0 Å². The second kappa shape index (κ2) is 10.3. The Hall–Kier alpha value is -3.85. The molecular weight excluding hydrogens is 496 g/mol. The lowest BCUT2D eigenvalue weighted by molar-refractivity contribution is 0.0691. The Morgan fingerprint density at radius 1 is 1.24 bits per heavy atom. The van der Waals surface area contributed by atoms with Gasteiger partial charge in [-0.3, -0.25) is 4.79 Å². The zero-order chi connectivity index (χ0) is 27.0. The molecule has 1 aliphatic heterocycles. The number of urea groups is 1. The van der Waals surface area contributed by atoms with Gasteiger partial charge in [-0.25, -0.2) is 14.6 Å². The fraction of sp³-hybridized carbons (Fsp3) is 0.333. The Balaban J connectivity index is 1.78. The van der Waals surface area contributed by atoms with Crippen molar-refractivity contribution in [3.8, 4) is 0 Å². The Labute approximate surface area is 219 Å². The average molecular weight is 525 g/mol. The fourth-order valence-electron chi connectivity index (χ4n) is 4.55. The number of nitrogens with one attached hydrogen (secondary N) is 1. The topological polar surface area (TPSA) is 116 Å². The highest BCUT2D eigenvalue weighted by atomic mass is 35.5. The van der Waals surface area contributed by atoms with Crippen LogP contribution in [-0.2, 0) is 0 Å². The molecule has 0 saturated carbocycles. The van der Waals surface area contributed by atoms with Crippen molar-refractivity contribution in [2.45, 2.75) is 33.2 Å². The van der Waals surface area contributed by atoms with E-state index in [1.807, 2.05) is 26.0 Å². The van der Waals surface area contributed by atoms with E-state index < -0.39 is 12.0 Å². The summed E-state index contributed by atoms with van der Waals surface area (Å²) < 4.78 is 6.42. The van der Waals surface area contributed by atoms with Gasteiger partial charge < -0.3 is 24.6 Å². The number of hydrogen-bond acceptors (Lipinski definition) is 6. The molecule has 2 aromatic heterocycles. The van der Waals surface area contributed by atoms with Crippen molar-refractivity contribution >= 4 is 45.8 Å². The zero-order valence-corrected chi connectivity index (χ0v) is 22.1. The lowest BCUT2D eigenvalue weighted by Crippen LogP contribution is -2.41. The third kappa shape index (κ3) is 5.17. The van der Waals surface area contributed by atoms with Crippen LogP contribution < -0.4 is 10.7 Å². The van der Waals surface area contributed by atoms with Gasteiger partial charge in [0.1, 0.15) is 16.5 Å². The molecule has 9 nitrogen and oxygen atoms in total. The third-order valence-corrected chi connectivity index (χ3v) is 6.66. The number of carbonyl (C=O) groups excluding carboxylic acids is 1. The van der Waals surface area contributed by atoms with Crippen LogP contribution in [0.25, 0.3) is 16.5 Å². The number of fused-ring (bicyclic) bond motifs is 1. The molecule has 1 atom stereocenters. The highest BCUT2D eigenvalue weighted by molar-refractivity contribution is 6.29. The van der Waals surface area contributed by atoms with Gasteiger partial charge in [0.15, 0.2) is 11.1 Å². The zero-order valence-electron chi connectivity index (χ0n) is 21.4. The monoisotopic (exact) mass is 524 g/mol. The maximum Gasteiger partial charge on any atom is 0.356 e. The highest BCUT2D eigenvalue weighted by Crippen LogP contribution is 2.33. The number of aromatic nitrogens is 1. The van der Waals surface area contributed by atoms with Crippen molar-refractivity contribution in [1.82, 2.24) is 14.8 Å². The minimum Gasteiger partial charge on any atom is -0.476 e. The molecule has 10 heteroatoms. The molecule has 1 aliphatic rings. The summed E-state index contributed by atoms with van der Waals surface area (Å²) in [7, 11) is 3.43. The molecule has 1 aromatic carbocycles. The molecule has 0 radical (unpaired) electrons. The van der Waals surface area contributed by atoms with E-state index >= 15 is 0 Å². The largest absolute Gasteiger partial charge is 0.476 e. The summed E-state index contributed by atoms with van der Waals surface area (Å²) >= 11 is 5.90. The Bertz CT molecular complexity index is 1490. The Morgan fingerprint density at radius 3 is 2.59 bits per heavy atom. The summed E-state index contributed by atoms with van der Waals surface area (Å²) in [6, 6.07) is 6.30. The van der Waals surface area contributed by atoms with E-state index in [1.54, 1.807) is 38.1 Å². The number of pyridine rings is 1. The number of anilines is 1. The summed E-state index contributed by atoms with van der Waals surface area (Å²) in [5.41, 5.74) is 3.38. The third-order valence-electron chi connectivity index (χ3n) is 6.45. The molecule has 2 N–H and O–H groups in total. The normalized spacial score (nSPS) is 14.3. The van der Waals surface area contributed by atoms with Gasteiger partial charge in [-0.05, 0) is 56.5 Å². The number of carboxylic acids is 1. The smallest absolute Gasteiger partial charge is 0.356 e. The van der Waals surface area contributed by atoms with Gasteiger partial charge in [0.25, 0.3) is 0 Å². The number of halogens is 1. The van der Waals surface area contributed by atoms with Crippen molar-refractivity contribution in [3.63, 3.8) is 0 Å². The minimum absolute atomic E-state index is 0.0675. The molecular formula is C27H29ClN4O5. The first kappa shape index (κ1) is 26.2. The molecule has 0 saturated heterocycles. The van der Waals surface area contributed by atoms with Crippen LogP contribution in [-0.4, -0.2) is 59.1 Å². The predicted molar refractivity (Wildman–Crippen MR) is 143 cm³/mol. The second-order valence-corrected chi connectivity index (χ2v) is 9.81. The van der Waals surface area contributed by atoms with Gasteiger partial charge in [-0.1, -0.05) is 23.7 Å². The molecule has 2 amide bonds. The summed E-state index contributed by atoms with van der Waals surface area (Å²) in [6.45, 7) is 6.45. The second-order valence-electron chi connectivity index (χ2n) is 9.42. The van der Waals surface area contributed by atoms with Crippen molar-refractivity contribution in [3.05, 3.63) is 73.9 Å². The quantitative estimate of drug-likeness (QED) is 0.446. The van der Waals surface area contributed by atoms with E-state index in [-0.39, 0.29) is 22.3 Å². The molecule has 0 fully saturated rings. The lowest BCUT2D eigenvalue weighted by atomic mass is 9.97. The molecule has 4 rings (SSSR count). The SMILES string of the molecule is Cc1cc([C@@H](C)Nc2ccc(Cl)nc2C(=O)O)c2oc(C3=CCN(C(=O)N(C)C)CC3)c(C)c(=O)c2c1. The summed E-state index contributed by atoms with van der Waals surface area (Å²) in [5, 5.41) is 13.3. The molecule has 3 aromatic rings. The van der Waals surface area contributed by atoms with Crippen molar-refractivity contribution in [2.24, 2.45) is 0 Å². The van der Waals surface area contributed by atoms with Crippen LogP contribution in [0.2, 0.25) is 5.15 Å². The number of rotatable bonds is 5. The number of amides is 2. The van der Waals surface area contributed by atoms with Gasteiger partial charge in [0, 0.05) is 38.3 Å². The van der Waals surface area contributed by atoms with Crippen LogP contribution in [0.15, 0.2) is 39.6 Å². The highest BCUT2D eigenvalue weighted by Gasteiger charge is 2.24. The molecule has 0 spiro atoms. The van der Waals surface area contributed by atoms with E-state index in [0.717, 1.165) is 11.1 Å². The van der Waals surface area contributed by atoms with E-state index in [0.29, 0.717) is 53.1 Å². The van der Waals surface area contributed by atoms with Crippen molar-refractivity contribution in [1.29, 1.82) is 0 Å². The van der Waals surface area contributed by atoms with Crippen molar-refractivity contribution in [2.75, 3.05) is 32.5 Å². The first-order valence-corrected chi connectivity index (χ1v) is 12.3. The Kier molecular flexibility index (Phi) is 7.27. The van der Waals surface area contributed by atoms with Gasteiger partial charge in [-0.2, -0.15) is 0 Å². The van der Waals surface area contributed by atoms with Gasteiger partial charge in [0.2, 0.25) is 0 Å². The first-order chi connectivity index (χ1) is 17.5. The van der Waals surface area contributed by atoms with Crippen LogP contribution >= 0.6 is 11.6 Å². The van der Waals surface area contributed by atoms with Gasteiger partial charge >= 0.3 is 12.0 Å². The first-order valence-electron chi connectivity index (χ1n) is 11.9. The van der Waals surface area contributed by atoms with Crippen LogP contribution in [0.3, 0.4) is 0 Å². The number of benzene rings is 1. The number of carbonyl (C=O) groups is 2. The van der Waals surface area contributed by atoms with Crippen LogP contribution in [0.1, 0.15) is 52.3 Å². The van der Waals surface area contributed by atoms with Crippen LogP contribution in [0, 0.1) is 13.8 Å². The van der Waals surface area contributed by atoms with Gasteiger partial charge in [0.05, 0.1) is 17.1 Å². The average Bonchev–Trinajstić information content (AvgIpc) is 2.86. The Morgan fingerprint density at radius 2 is 1.97 bits per heavy atom. The fourth-order valence-corrected chi connectivity index (χ4v) is 4.70. The van der Waals surface area contributed by atoms with E-state index in [1.165, 1.54) is 11.0 Å². The summed E-state index contributed by atoms with van der Waals surface area (Å²) in [4.78, 5) is 44.7. The minimum atomic E-state index is -1.21. The summed E-state index contributed by atoms with van der Waals surface area (Å²) in [5.74, 6) is -0.701. The number of aromatic carboxylic acids is 1. The number of carboxylic acid groups (broad SMARTS) is 1. The maximum atomic E-state index is 13.4. The molecule has 194 valence electrons. The number of nitrogens with zero attached hydrogens (tertiary/aromatic N) is 3. The molecule has 0 aliphatic carbocycles. The predicted octanol–water partition coefficient (Wildman–Crippen LogP) is 5.10. The van der Waals surface area contributed by atoms with E-state index in [4.69, 9.17) is 16.0 Å². The molecule has 3 heterocycles. The van der Waals surface area contributed by atoms with Gasteiger partial charge in [-0.15, -0.1) is 0 Å². The number of hydrogen-bond donors (Lipinski definition) is 2. The van der Waals surface area contributed by atoms with Crippen LogP contribution in [0.4, 0.5) is 10.5 Å². The molecule has 0 bridgehead atoms. The number of aryl methyl sites for hydroxylation is 1.